The van der Waals surface area contributed by atoms with E-state index in [1.54, 1.807) is 30.5 Å². The van der Waals surface area contributed by atoms with Crippen molar-refractivity contribution < 1.29 is 14.3 Å². The van der Waals surface area contributed by atoms with Crippen molar-refractivity contribution >= 4 is 17.4 Å². The van der Waals surface area contributed by atoms with Crippen molar-refractivity contribution in [3.8, 4) is 11.5 Å². The summed E-state index contributed by atoms with van der Waals surface area (Å²) in [6.45, 7) is 1.95. The van der Waals surface area contributed by atoms with Gasteiger partial charge in [0.2, 0.25) is 6.79 Å². The van der Waals surface area contributed by atoms with Gasteiger partial charge in [-0.3, -0.25) is 4.79 Å². The topological polar surface area (TPSA) is 75.7 Å². The number of carbonyl (C=O) groups is 1. The SMILES string of the molecule is CN(C)CCNc1ccc(NC(=O)c2ccc3c(c2)OCO3)nc1. The maximum atomic E-state index is 12.3. The number of aromatic nitrogens is 1. The zero-order chi connectivity index (χ0) is 16.9. The molecule has 7 nitrogen and oxygen atoms in total. The second-order valence-electron chi connectivity index (χ2n) is 5.68. The van der Waals surface area contributed by atoms with Crippen LogP contribution in [0.5, 0.6) is 11.5 Å². The number of amides is 1. The van der Waals surface area contributed by atoms with Crippen LogP contribution in [0.3, 0.4) is 0 Å². The Morgan fingerprint density at radius 3 is 2.79 bits per heavy atom. The quantitative estimate of drug-likeness (QED) is 0.845. The predicted molar refractivity (Wildman–Crippen MR) is 91.8 cm³/mol. The number of hydrogen-bond acceptors (Lipinski definition) is 6. The van der Waals surface area contributed by atoms with E-state index in [-0.39, 0.29) is 12.7 Å². The molecule has 24 heavy (non-hydrogen) atoms. The van der Waals surface area contributed by atoms with Gasteiger partial charge in [-0.15, -0.1) is 0 Å². The van der Waals surface area contributed by atoms with Crippen LogP contribution in [0.15, 0.2) is 36.5 Å². The van der Waals surface area contributed by atoms with Gasteiger partial charge >= 0.3 is 0 Å². The van der Waals surface area contributed by atoms with E-state index in [1.165, 1.54) is 0 Å². The molecule has 126 valence electrons. The van der Waals surface area contributed by atoms with Crippen LogP contribution in [0, 0.1) is 0 Å². The van der Waals surface area contributed by atoms with Crippen LogP contribution in [0.4, 0.5) is 11.5 Å². The van der Waals surface area contributed by atoms with E-state index in [0.717, 1.165) is 18.8 Å². The number of anilines is 2. The number of nitrogens with one attached hydrogen (secondary N) is 2. The van der Waals surface area contributed by atoms with E-state index >= 15 is 0 Å². The minimum Gasteiger partial charge on any atom is -0.454 e. The standard InChI is InChI=1S/C17H20N4O3/c1-21(2)8-7-18-13-4-6-16(19-10-13)20-17(22)12-3-5-14-15(9-12)24-11-23-14/h3-6,9-10,18H,7-8,11H2,1-2H3,(H,19,20,22). The average Bonchev–Trinajstić information content (AvgIpc) is 3.03. The largest absolute Gasteiger partial charge is 0.454 e. The van der Waals surface area contributed by atoms with Crippen LogP contribution in [0.2, 0.25) is 0 Å². The van der Waals surface area contributed by atoms with Crippen LogP contribution < -0.4 is 20.1 Å². The number of ether oxygens (including phenoxy) is 2. The average molecular weight is 328 g/mol. The zero-order valence-electron chi connectivity index (χ0n) is 13.7. The highest BCUT2D eigenvalue weighted by Gasteiger charge is 2.16. The summed E-state index contributed by atoms with van der Waals surface area (Å²) in [5.41, 5.74) is 1.41. The number of pyridine rings is 1. The molecule has 0 saturated carbocycles. The Balaban J connectivity index is 1.58. The van der Waals surface area contributed by atoms with E-state index in [4.69, 9.17) is 9.47 Å². The summed E-state index contributed by atoms with van der Waals surface area (Å²) < 4.78 is 10.5. The van der Waals surface area contributed by atoms with Crippen LogP contribution in [-0.4, -0.2) is 49.8 Å². The summed E-state index contributed by atoms with van der Waals surface area (Å²) in [7, 11) is 4.05. The van der Waals surface area contributed by atoms with E-state index in [2.05, 4.69) is 20.5 Å². The van der Waals surface area contributed by atoms with Crippen LogP contribution >= 0.6 is 0 Å². The molecule has 0 spiro atoms. The van der Waals surface area contributed by atoms with Crippen LogP contribution in [0.25, 0.3) is 0 Å². The molecule has 1 aromatic carbocycles. The second-order valence-corrected chi connectivity index (χ2v) is 5.68. The van der Waals surface area contributed by atoms with Crippen molar-refractivity contribution in [3.63, 3.8) is 0 Å². The van der Waals surface area contributed by atoms with Crippen molar-refractivity contribution in [1.29, 1.82) is 0 Å². The van der Waals surface area contributed by atoms with E-state index in [0.29, 0.717) is 22.9 Å². The highest BCUT2D eigenvalue weighted by molar-refractivity contribution is 6.04. The lowest BCUT2D eigenvalue weighted by Crippen LogP contribution is -2.20. The van der Waals surface area contributed by atoms with Gasteiger partial charge in [0.15, 0.2) is 11.5 Å². The van der Waals surface area contributed by atoms with Crippen LogP contribution in [-0.2, 0) is 0 Å². The molecule has 1 amide bonds. The fourth-order valence-corrected chi connectivity index (χ4v) is 2.22. The third-order valence-corrected chi connectivity index (χ3v) is 3.53. The van der Waals surface area contributed by atoms with Crippen molar-refractivity contribution in [2.75, 3.05) is 44.6 Å². The summed E-state index contributed by atoms with van der Waals surface area (Å²) in [6.07, 6.45) is 1.70. The fraction of sp³-hybridized carbons (Fsp3) is 0.294. The molecular weight excluding hydrogens is 308 g/mol. The Morgan fingerprint density at radius 1 is 1.21 bits per heavy atom. The first kappa shape index (κ1) is 16.1. The van der Waals surface area contributed by atoms with Crippen molar-refractivity contribution in [3.05, 3.63) is 42.1 Å². The highest BCUT2D eigenvalue weighted by atomic mass is 16.7. The molecule has 0 fully saturated rings. The summed E-state index contributed by atoms with van der Waals surface area (Å²) in [4.78, 5) is 18.6. The number of likely N-dealkylation sites (N-methyl/N-ethyl adjacent to an activating group) is 1. The minimum absolute atomic E-state index is 0.185. The molecule has 1 aliphatic rings. The first-order chi connectivity index (χ1) is 11.6. The predicted octanol–water partition coefficient (Wildman–Crippen LogP) is 2.04. The first-order valence-electron chi connectivity index (χ1n) is 7.67. The second kappa shape index (κ2) is 7.18. The van der Waals surface area contributed by atoms with Gasteiger partial charge in [0, 0.05) is 18.7 Å². The molecule has 1 aromatic heterocycles. The molecule has 2 N–H and O–H groups in total. The Bertz CT molecular complexity index is 716. The Kier molecular flexibility index (Phi) is 4.81. The van der Waals surface area contributed by atoms with E-state index in [1.807, 2.05) is 20.2 Å². The molecule has 7 heteroatoms. The van der Waals surface area contributed by atoms with Gasteiger partial charge in [-0.25, -0.2) is 4.98 Å². The third-order valence-electron chi connectivity index (χ3n) is 3.53. The lowest BCUT2D eigenvalue weighted by molar-refractivity contribution is 0.102. The number of fused-ring (bicyclic) bond motifs is 1. The van der Waals surface area contributed by atoms with Crippen molar-refractivity contribution in [2.45, 2.75) is 0 Å². The summed E-state index contributed by atoms with van der Waals surface area (Å²) >= 11 is 0. The molecule has 1 aliphatic heterocycles. The van der Waals surface area contributed by atoms with Crippen LogP contribution in [0.1, 0.15) is 10.4 Å². The van der Waals surface area contributed by atoms with Gasteiger partial charge in [0.05, 0.1) is 11.9 Å². The monoisotopic (exact) mass is 328 g/mol. The maximum Gasteiger partial charge on any atom is 0.256 e. The van der Waals surface area contributed by atoms with Gasteiger partial charge in [0.25, 0.3) is 5.91 Å². The lowest BCUT2D eigenvalue weighted by Gasteiger charge is -2.11. The maximum absolute atomic E-state index is 12.3. The third kappa shape index (κ3) is 3.94. The van der Waals surface area contributed by atoms with E-state index in [9.17, 15) is 4.79 Å². The fourth-order valence-electron chi connectivity index (χ4n) is 2.22. The Labute approximate surface area is 140 Å². The smallest absolute Gasteiger partial charge is 0.256 e. The molecule has 2 heterocycles. The number of carbonyl (C=O) groups excluding carboxylic acids is 1. The van der Waals surface area contributed by atoms with Gasteiger partial charge in [0.1, 0.15) is 5.82 Å². The first-order valence-corrected chi connectivity index (χ1v) is 7.67. The minimum atomic E-state index is -0.242. The summed E-state index contributed by atoms with van der Waals surface area (Å²) in [5, 5.41) is 6.04. The Hall–Kier alpha value is -2.80. The number of rotatable bonds is 6. The number of benzene rings is 1. The lowest BCUT2D eigenvalue weighted by atomic mass is 10.2. The van der Waals surface area contributed by atoms with Gasteiger partial charge in [-0.2, -0.15) is 0 Å². The van der Waals surface area contributed by atoms with Crippen molar-refractivity contribution in [1.82, 2.24) is 9.88 Å². The number of nitrogens with zero attached hydrogens (tertiary/aromatic N) is 2. The number of hydrogen-bond donors (Lipinski definition) is 2. The van der Waals surface area contributed by atoms with Gasteiger partial charge < -0.3 is 25.0 Å². The molecule has 2 aromatic rings. The zero-order valence-corrected chi connectivity index (χ0v) is 13.7. The summed E-state index contributed by atoms with van der Waals surface area (Å²) in [6, 6.07) is 8.73. The molecule has 0 bridgehead atoms. The van der Waals surface area contributed by atoms with Crippen molar-refractivity contribution in [2.24, 2.45) is 0 Å². The normalized spacial score (nSPS) is 12.3. The molecule has 0 aliphatic carbocycles. The molecule has 0 unspecified atom stereocenters. The molecule has 0 radical (unpaired) electrons. The highest BCUT2D eigenvalue weighted by Crippen LogP contribution is 2.32. The molecule has 3 rings (SSSR count). The summed E-state index contributed by atoms with van der Waals surface area (Å²) in [5.74, 6) is 1.49. The Morgan fingerprint density at radius 2 is 2.04 bits per heavy atom. The molecule has 0 atom stereocenters. The van der Waals surface area contributed by atoms with Gasteiger partial charge in [-0.05, 0) is 44.4 Å². The van der Waals surface area contributed by atoms with Gasteiger partial charge in [-0.1, -0.05) is 0 Å². The molecule has 0 saturated heterocycles. The molecular formula is C17H20N4O3. The van der Waals surface area contributed by atoms with E-state index < -0.39 is 0 Å².